The van der Waals surface area contributed by atoms with Gasteiger partial charge in [0.05, 0.1) is 17.6 Å². The van der Waals surface area contributed by atoms with Crippen molar-refractivity contribution in [2.24, 2.45) is 0 Å². The maximum absolute atomic E-state index is 12.7. The molecule has 4 heteroatoms. The van der Waals surface area contributed by atoms with Gasteiger partial charge in [0.15, 0.2) is 0 Å². The van der Waals surface area contributed by atoms with Crippen LogP contribution in [0.15, 0.2) is 53.3 Å². The lowest BCUT2D eigenvalue weighted by Gasteiger charge is -2.17. The smallest absolute Gasteiger partial charge is 0.290 e. The molecule has 1 aliphatic rings. The van der Waals surface area contributed by atoms with Crippen molar-refractivity contribution in [1.82, 2.24) is 9.13 Å². The second-order valence-corrected chi connectivity index (χ2v) is 6.36. The van der Waals surface area contributed by atoms with E-state index in [2.05, 4.69) is 22.4 Å². The summed E-state index contributed by atoms with van der Waals surface area (Å²) in [6, 6.07) is 16.1. The van der Waals surface area contributed by atoms with Crippen molar-refractivity contribution >= 4 is 27.0 Å². The van der Waals surface area contributed by atoms with Crippen molar-refractivity contribution in [2.75, 3.05) is 0 Å². The van der Waals surface area contributed by atoms with Crippen LogP contribution in [0.5, 0.6) is 0 Å². The van der Waals surface area contributed by atoms with Crippen molar-refractivity contribution in [3.8, 4) is 0 Å². The fraction of sp³-hybridized carbons (Fsp3) is 0.176. The monoisotopic (exact) mass is 340 g/mol. The molecule has 2 radical (unpaired) electrons. The molecule has 0 amide bonds. The molecule has 3 nitrogen and oxygen atoms in total. The second-order valence-electron chi connectivity index (χ2n) is 5.25. The molecule has 1 aromatic heterocycles. The number of aromatic nitrogens is 2. The van der Waals surface area contributed by atoms with E-state index in [1.54, 1.807) is 0 Å². The number of hydrogen-bond donors (Lipinski definition) is 0. The van der Waals surface area contributed by atoms with Gasteiger partial charge < -0.3 is 0 Å². The SMILES string of the molecule is O=c1n(Cc2ccccc2)c2cccc3c2n1CC(Br)[C]3. The van der Waals surface area contributed by atoms with Gasteiger partial charge in [-0.3, -0.25) is 9.13 Å². The third-order valence-electron chi connectivity index (χ3n) is 3.88. The predicted octanol–water partition coefficient (Wildman–Crippen LogP) is 3.06. The van der Waals surface area contributed by atoms with Gasteiger partial charge in [-0.25, -0.2) is 4.79 Å². The van der Waals surface area contributed by atoms with Crippen LogP contribution in [-0.4, -0.2) is 14.0 Å². The molecule has 0 N–H and O–H groups in total. The van der Waals surface area contributed by atoms with Crippen molar-refractivity contribution in [3.63, 3.8) is 0 Å². The summed E-state index contributed by atoms with van der Waals surface area (Å²) in [7, 11) is 0. The Balaban J connectivity index is 1.94. The third kappa shape index (κ3) is 2.05. The topological polar surface area (TPSA) is 26.9 Å². The van der Waals surface area contributed by atoms with E-state index in [0.717, 1.165) is 22.2 Å². The molecule has 21 heavy (non-hydrogen) atoms. The summed E-state index contributed by atoms with van der Waals surface area (Å²) in [5, 5.41) is 0. The third-order valence-corrected chi connectivity index (χ3v) is 4.39. The lowest BCUT2D eigenvalue weighted by molar-refractivity contribution is 0.649. The Morgan fingerprint density at radius 3 is 2.76 bits per heavy atom. The summed E-state index contributed by atoms with van der Waals surface area (Å²) in [6.45, 7) is 1.23. The minimum absolute atomic E-state index is 0.0484. The number of halogens is 1. The quantitative estimate of drug-likeness (QED) is 0.658. The maximum Gasteiger partial charge on any atom is 0.329 e. The average molecular weight is 341 g/mol. The van der Waals surface area contributed by atoms with E-state index in [-0.39, 0.29) is 10.5 Å². The summed E-state index contributed by atoms with van der Waals surface area (Å²) in [6.07, 6.45) is 3.37. The molecule has 1 unspecified atom stereocenters. The van der Waals surface area contributed by atoms with Crippen LogP contribution in [-0.2, 0) is 13.1 Å². The molecule has 0 aliphatic carbocycles. The number of alkyl halides is 1. The average Bonchev–Trinajstić information content (AvgIpc) is 2.76. The Kier molecular flexibility index (Phi) is 3.00. The van der Waals surface area contributed by atoms with Gasteiger partial charge in [0.2, 0.25) is 0 Å². The van der Waals surface area contributed by atoms with Gasteiger partial charge >= 0.3 is 5.69 Å². The van der Waals surface area contributed by atoms with Gasteiger partial charge in [-0.05, 0) is 17.2 Å². The highest BCUT2D eigenvalue weighted by atomic mass is 79.9. The Morgan fingerprint density at radius 1 is 1.14 bits per heavy atom. The summed E-state index contributed by atoms with van der Waals surface area (Å²) in [4.78, 5) is 12.8. The molecule has 1 atom stereocenters. The zero-order valence-electron chi connectivity index (χ0n) is 11.3. The highest BCUT2D eigenvalue weighted by molar-refractivity contribution is 9.09. The number of imidazole rings is 1. The van der Waals surface area contributed by atoms with Gasteiger partial charge in [-0.1, -0.05) is 58.4 Å². The molecule has 0 saturated heterocycles. The highest BCUT2D eigenvalue weighted by Gasteiger charge is 2.24. The first kappa shape index (κ1) is 12.9. The zero-order valence-corrected chi connectivity index (χ0v) is 12.9. The van der Waals surface area contributed by atoms with Crippen LogP contribution < -0.4 is 5.69 Å². The Morgan fingerprint density at radius 2 is 1.95 bits per heavy atom. The summed E-state index contributed by atoms with van der Waals surface area (Å²) < 4.78 is 3.70. The van der Waals surface area contributed by atoms with Crippen LogP contribution in [0.4, 0.5) is 0 Å². The Hall–Kier alpha value is -1.81. The maximum atomic E-state index is 12.7. The fourth-order valence-corrected chi connectivity index (χ4v) is 3.49. The second kappa shape index (κ2) is 4.88. The summed E-state index contributed by atoms with van der Waals surface area (Å²) in [5.41, 5.74) is 4.16. The van der Waals surface area contributed by atoms with Gasteiger partial charge in [0.1, 0.15) is 0 Å². The largest absolute Gasteiger partial charge is 0.329 e. The van der Waals surface area contributed by atoms with Gasteiger partial charge in [-0.2, -0.15) is 0 Å². The van der Waals surface area contributed by atoms with Crippen LogP contribution in [0.2, 0.25) is 0 Å². The first-order valence-electron chi connectivity index (χ1n) is 6.90. The van der Waals surface area contributed by atoms with E-state index >= 15 is 0 Å². The lowest BCUT2D eigenvalue weighted by atomic mass is 10.0. The number of nitrogens with zero attached hydrogens (tertiary/aromatic N) is 2. The van der Waals surface area contributed by atoms with E-state index < -0.39 is 0 Å². The van der Waals surface area contributed by atoms with Crippen molar-refractivity contribution in [1.29, 1.82) is 0 Å². The molecule has 3 aromatic rings. The van der Waals surface area contributed by atoms with E-state index in [9.17, 15) is 4.79 Å². The van der Waals surface area contributed by atoms with E-state index in [1.807, 2.05) is 57.7 Å². The number of para-hydroxylation sites is 1. The molecule has 2 aromatic carbocycles. The first-order valence-corrected chi connectivity index (χ1v) is 7.82. The highest BCUT2D eigenvalue weighted by Crippen LogP contribution is 2.28. The molecule has 4 rings (SSSR count). The molecular weight excluding hydrogens is 328 g/mol. The fourth-order valence-electron chi connectivity index (χ4n) is 2.96. The lowest BCUT2D eigenvalue weighted by Crippen LogP contribution is -2.29. The molecular formula is C17H13BrN2O. The van der Waals surface area contributed by atoms with Crippen LogP contribution in [0, 0.1) is 6.42 Å². The Bertz CT molecular complexity index is 864. The van der Waals surface area contributed by atoms with Crippen molar-refractivity contribution in [2.45, 2.75) is 17.9 Å². The van der Waals surface area contributed by atoms with Gasteiger partial charge in [0.25, 0.3) is 0 Å². The van der Waals surface area contributed by atoms with E-state index in [1.165, 1.54) is 0 Å². The van der Waals surface area contributed by atoms with Crippen LogP contribution >= 0.6 is 15.9 Å². The first-order chi connectivity index (χ1) is 10.2. The minimum Gasteiger partial charge on any atom is -0.290 e. The van der Waals surface area contributed by atoms with Crippen molar-refractivity contribution < 1.29 is 0 Å². The normalized spacial score (nSPS) is 17.3. The molecule has 0 spiro atoms. The van der Waals surface area contributed by atoms with Gasteiger partial charge in [-0.15, -0.1) is 0 Å². The number of hydrogen-bond acceptors (Lipinski definition) is 1. The minimum atomic E-state index is 0.0484. The molecule has 0 fully saturated rings. The molecule has 104 valence electrons. The summed E-state index contributed by atoms with van der Waals surface area (Å²) >= 11 is 3.55. The number of rotatable bonds is 2. The Labute approximate surface area is 131 Å². The molecule has 0 bridgehead atoms. The van der Waals surface area contributed by atoms with E-state index in [4.69, 9.17) is 0 Å². The number of benzene rings is 2. The molecule has 0 saturated carbocycles. The van der Waals surface area contributed by atoms with Gasteiger partial charge in [0, 0.05) is 17.8 Å². The van der Waals surface area contributed by atoms with Crippen LogP contribution in [0.25, 0.3) is 11.0 Å². The van der Waals surface area contributed by atoms with Crippen molar-refractivity contribution in [3.05, 3.63) is 76.6 Å². The standard InChI is InChI=1S/C17H13BrN2O/c18-14-9-13-7-4-8-15-16(13)20(11-14)17(21)19(15)10-12-5-2-1-3-6-12/h1-8,14H,10-11H2. The van der Waals surface area contributed by atoms with Crippen LogP contribution in [0.1, 0.15) is 11.1 Å². The summed E-state index contributed by atoms with van der Waals surface area (Å²) in [5.74, 6) is 0. The van der Waals surface area contributed by atoms with Crippen LogP contribution in [0.3, 0.4) is 0 Å². The zero-order chi connectivity index (χ0) is 14.4. The van der Waals surface area contributed by atoms with E-state index in [0.29, 0.717) is 13.1 Å². The predicted molar refractivity (Wildman–Crippen MR) is 86.8 cm³/mol. The molecule has 1 aliphatic heterocycles. The molecule has 2 heterocycles.